The lowest BCUT2D eigenvalue weighted by molar-refractivity contribution is 0.163. The van der Waals surface area contributed by atoms with Crippen molar-refractivity contribution in [3.63, 3.8) is 0 Å². The molecule has 1 aliphatic rings. The number of piperidine rings is 1. The molecule has 0 aromatic carbocycles. The van der Waals surface area contributed by atoms with Crippen LogP contribution in [0.1, 0.15) is 12.8 Å². The highest BCUT2D eigenvalue weighted by Gasteiger charge is 2.22. The van der Waals surface area contributed by atoms with Crippen molar-refractivity contribution in [2.75, 3.05) is 18.0 Å². The molecule has 6 heteroatoms. The van der Waals surface area contributed by atoms with Gasteiger partial charge >= 0.3 is 0 Å². The van der Waals surface area contributed by atoms with Crippen LogP contribution >= 0.6 is 15.9 Å². The van der Waals surface area contributed by atoms with E-state index in [0.717, 1.165) is 30.4 Å². The number of halogens is 1. The predicted molar refractivity (Wildman–Crippen MR) is 79.8 cm³/mol. The molecule has 0 saturated carbocycles. The van der Waals surface area contributed by atoms with E-state index in [0.29, 0.717) is 5.88 Å². The molecule has 0 amide bonds. The molecule has 0 bridgehead atoms. The number of rotatable bonds is 3. The first-order chi connectivity index (χ1) is 9.83. The van der Waals surface area contributed by atoms with Crippen LogP contribution in [0.5, 0.6) is 5.88 Å². The smallest absolute Gasteiger partial charge is 0.232 e. The van der Waals surface area contributed by atoms with E-state index in [4.69, 9.17) is 4.74 Å². The molecule has 20 heavy (non-hydrogen) atoms. The minimum Gasteiger partial charge on any atom is -0.473 e. The Labute approximate surface area is 126 Å². The van der Waals surface area contributed by atoms with Gasteiger partial charge in [-0.3, -0.25) is 9.97 Å². The van der Waals surface area contributed by atoms with Crippen LogP contribution in [0.4, 0.5) is 5.69 Å². The van der Waals surface area contributed by atoms with Crippen molar-refractivity contribution in [3.05, 3.63) is 41.5 Å². The molecule has 5 nitrogen and oxygen atoms in total. The zero-order valence-electron chi connectivity index (χ0n) is 10.9. The van der Waals surface area contributed by atoms with E-state index in [2.05, 4.69) is 35.8 Å². The molecule has 3 rings (SSSR count). The fourth-order valence-electron chi connectivity index (χ4n) is 2.36. The normalized spacial score (nSPS) is 16.1. The van der Waals surface area contributed by atoms with Gasteiger partial charge < -0.3 is 9.64 Å². The van der Waals surface area contributed by atoms with Gasteiger partial charge in [-0.15, -0.1) is 0 Å². The lowest BCUT2D eigenvalue weighted by atomic mass is 10.1. The highest BCUT2D eigenvalue weighted by molar-refractivity contribution is 9.10. The third-order valence-corrected chi connectivity index (χ3v) is 3.97. The molecule has 2 aromatic rings. The van der Waals surface area contributed by atoms with E-state index in [1.807, 2.05) is 18.5 Å². The average Bonchev–Trinajstić information content (AvgIpc) is 2.50. The second kappa shape index (κ2) is 6.17. The van der Waals surface area contributed by atoms with Crippen LogP contribution < -0.4 is 9.64 Å². The molecule has 0 spiro atoms. The molecule has 0 unspecified atom stereocenters. The summed E-state index contributed by atoms with van der Waals surface area (Å²) in [5, 5.41) is 0. The van der Waals surface area contributed by atoms with Gasteiger partial charge in [-0.1, -0.05) is 0 Å². The largest absolute Gasteiger partial charge is 0.473 e. The number of hydrogen-bond acceptors (Lipinski definition) is 5. The number of pyridine rings is 1. The van der Waals surface area contributed by atoms with Crippen molar-refractivity contribution in [1.82, 2.24) is 15.0 Å². The summed E-state index contributed by atoms with van der Waals surface area (Å²) in [6.45, 7) is 1.93. The predicted octanol–water partition coefficient (Wildman–Crippen LogP) is 2.68. The van der Waals surface area contributed by atoms with Crippen molar-refractivity contribution >= 4 is 21.6 Å². The summed E-state index contributed by atoms with van der Waals surface area (Å²) in [6.07, 6.45) is 10.8. The Morgan fingerprint density at radius 1 is 1.10 bits per heavy atom. The van der Waals surface area contributed by atoms with Gasteiger partial charge in [-0.25, -0.2) is 4.98 Å². The monoisotopic (exact) mass is 334 g/mol. The number of aromatic nitrogens is 3. The molecule has 1 saturated heterocycles. The quantitative estimate of drug-likeness (QED) is 0.863. The Bertz CT molecular complexity index is 558. The summed E-state index contributed by atoms with van der Waals surface area (Å²) in [7, 11) is 0. The van der Waals surface area contributed by atoms with Gasteiger partial charge in [0.25, 0.3) is 0 Å². The lowest BCUT2D eigenvalue weighted by Gasteiger charge is -2.33. The summed E-state index contributed by atoms with van der Waals surface area (Å²) >= 11 is 3.55. The van der Waals surface area contributed by atoms with Crippen LogP contribution in [0.3, 0.4) is 0 Å². The molecule has 104 valence electrons. The molecule has 0 N–H and O–H groups in total. The Morgan fingerprint density at radius 3 is 2.60 bits per heavy atom. The topological polar surface area (TPSA) is 51.1 Å². The molecule has 3 heterocycles. The Balaban J connectivity index is 1.59. The van der Waals surface area contributed by atoms with E-state index in [1.54, 1.807) is 18.6 Å². The number of hydrogen-bond donors (Lipinski definition) is 0. The summed E-state index contributed by atoms with van der Waals surface area (Å²) in [6, 6.07) is 2.04. The SMILES string of the molecule is Brc1cnccc1N1CCC(Oc2cnccn2)CC1. The Kier molecular flexibility index (Phi) is 4.11. The molecule has 0 aliphatic carbocycles. The Morgan fingerprint density at radius 2 is 1.90 bits per heavy atom. The van der Waals surface area contributed by atoms with Gasteiger partial charge in [0, 0.05) is 50.7 Å². The third kappa shape index (κ3) is 3.07. The zero-order valence-corrected chi connectivity index (χ0v) is 12.5. The number of anilines is 1. The van der Waals surface area contributed by atoms with E-state index in [1.165, 1.54) is 5.69 Å². The van der Waals surface area contributed by atoms with Gasteiger partial charge in [-0.2, -0.15) is 0 Å². The van der Waals surface area contributed by atoms with E-state index in [9.17, 15) is 0 Å². The maximum absolute atomic E-state index is 5.85. The van der Waals surface area contributed by atoms with Crippen LogP contribution in [0.15, 0.2) is 41.5 Å². The van der Waals surface area contributed by atoms with Crippen molar-refractivity contribution in [1.29, 1.82) is 0 Å². The van der Waals surface area contributed by atoms with Crippen LogP contribution in [-0.4, -0.2) is 34.1 Å². The lowest BCUT2D eigenvalue weighted by Crippen LogP contribution is -2.38. The third-order valence-electron chi connectivity index (χ3n) is 3.36. The van der Waals surface area contributed by atoms with Crippen LogP contribution in [-0.2, 0) is 0 Å². The summed E-state index contributed by atoms with van der Waals surface area (Å²) in [4.78, 5) is 14.6. The molecule has 1 fully saturated rings. The minimum atomic E-state index is 0.212. The van der Waals surface area contributed by atoms with E-state index < -0.39 is 0 Å². The molecular formula is C14H15BrN4O. The Hall–Kier alpha value is -1.69. The zero-order chi connectivity index (χ0) is 13.8. The molecule has 0 radical (unpaired) electrons. The van der Waals surface area contributed by atoms with E-state index >= 15 is 0 Å². The van der Waals surface area contributed by atoms with Crippen molar-refractivity contribution in [3.8, 4) is 5.88 Å². The van der Waals surface area contributed by atoms with E-state index in [-0.39, 0.29) is 6.10 Å². The summed E-state index contributed by atoms with van der Waals surface area (Å²) in [5.74, 6) is 0.607. The highest BCUT2D eigenvalue weighted by Crippen LogP contribution is 2.28. The molecule has 1 aliphatic heterocycles. The number of nitrogens with zero attached hydrogens (tertiary/aromatic N) is 4. The maximum Gasteiger partial charge on any atom is 0.232 e. The van der Waals surface area contributed by atoms with Crippen molar-refractivity contribution < 1.29 is 4.74 Å². The second-order valence-electron chi connectivity index (χ2n) is 4.67. The average molecular weight is 335 g/mol. The van der Waals surface area contributed by atoms with Gasteiger partial charge in [0.2, 0.25) is 5.88 Å². The first-order valence-corrected chi connectivity index (χ1v) is 7.39. The van der Waals surface area contributed by atoms with Gasteiger partial charge in [0.05, 0.1) is 16.4 Å². The molecule has 2 aromatic heterocycles. The molecular weight excluding hydrogens is 320 g/mol. The van der Waals surface area contributed by atoms with Gasteiger partial charge in [-0.05, 0) is 22.0 Å². The standard InChI is InChI=1S/C14H15BrN4O/c15-12-9-16-4-1-13(12)19-7-2-11(3-8-19)20-14-10-17-5-6-18-14/h1,4-6,9-11H,2-3,7-8H2. The summed E-state index contributed by atoms with van der Waals surface area (Å²) < 4.78 is 6.88. The molecule has 0 atom stereocenters. The van der Waals surface area contributed by atoms with Gasteiger partial charge in [0.1, 0.15) is 6.10 Å². The summed E-state index contributed by atoms with van der Waals surface area (Å²) in [5.41, 5.74) is 1.19. The fourth-order valence-corrected chi connectivity index (χ4v) is 2.86. The second-order valence-corrected chi connectivity index (χ2v) is 5.53. The van der Waals surface area contributed by atoms with Crippen LogP contribution in [0.2, 0.25) is 0 Å². The van der Waals surface area contributed by atoms with Gasteiger partial charge in [0.15, 0.2) is 0 Å². The van der Waals surface area contributed by atoms with Crippen LogP contribution in [0, 0.1) is 0 Å². The van der Waals surface area contributed by atoms with Crippen molar-refractivity contribution in [2.45, 2.75) is 18.9 Å². The fraction of sp³-hybridized carbons (Fsp3) is 0.357. The van der Waals surface area contributed by atoms with Crippen LogP contribution in [0.25, 0.3) is 0 Å². The first kappa shape index (κ1) is 13.3. The highest BCUT2D eigenvalue weighted by atomic mass is 79.9. The minimum absolute atomic E-state index is 0.212. The number of ether oxygens (including phenoxy) is 1. The van der Waals surface area contributed by atoms with Crippen molar-refractivity contribution in [2.24, 2.45) is 0 Å². The maximum atomic E-state index is 5.85. The first-order valence-electron chi connectivity index (χ1n) is 6.60.